The summed E-state index contributed by atoms with van der Waals surface area (Å²) in [5, 5.41) is 1.78. The van der Waals surface area contributed by atoms with Crippen molar-refractivity contribution in [2.75, 3.05) is 26.2 Å². The van der Waals surface area contributed by atoms with E-state index in [1.165, 1.54) is 0 Å². The number of fused-ring (bicyclic) bond motifs is 1. The second-order valence-corrected chi connectivity index (χ2v) is 7.72. The predicted molar refractivity (Wildman–Crippen MR) is 111 cm³/mol. The van der Waals surface area contributed by atoms with Gasteiger partial charge in [0.05, 0.1) is 16.1 Å². The van der Waals surface area contributed by atoms with Gasteiger partial charge in [0.15, 0.2) is 0 Å². The molecule has 0 aliphatic carbocycles. The van der Waals surface area contributed by atoms with E-state index in [1.54, 1.807) is 28.0 Å². The van der Waals surface area contributed by atoms with Crippen LogP contribution in [0.3, 0.4) is 0 Å². The third-order valence-corrected chi connectivity index (χ3v) is 5.69. The first kappa shape index (κ1) is 18.8. The van der Waals surface area contributed by atoms with Gasteiger partial charge in [-0.05, 0) is 24.3 Å². The molecule has 144 valence electrons. The minimum Gasteiger partial charge on any atom is -0.350 e. The van der Waals surface area contributed by atoms with Crippen molar-refractivity contribution in [1.82, 2.24) is 14.4 Å². The first-order chi connectivity index (χ1) is 13.5. The van der Waals surface area contributed by atoms with Gasteiger partial charge in [-0.3, -0.25) is 9.59 Å². The molecule has 0 unspecified atom stereocenters. The topological polar surface area (TPSA) is 45.6 Å². The Labute approximate surface area is 173 Å². The Balaban J connectivity index is 1.48. The van der Waals surface area contributed by atoms with Crippen LogP contribution in [0.1, 0.15) is 20.7 Å². The molecule has 0 saturated carbocycles. The molecule has 2 heterocycles. The molecule has 4 rings (SSSR count). The zero-order valence-corrected chi connectivity index (χ0v) is 16.9. The number of rotatable bonds is 2. The number of piperazine rings is 1. The number of hydrogen-bond acceptors (Lipinski definition) is 2. The minimum atomic E-state index is -0.140. The third-order valence-electron chi connectivity index (χ3n) is 5.14. The summed E-state index contributed by atoms with van der Waals surface area (Å²) in [7, 11) is 1.94. The molecule has 1 aromatic heterocycles. The quantitative estimate of drug-likeness (QED) is 0.632. The Morgan fingerprint density at radius 1 is 0.857 bits per heavy atom. The van der Waals surface area contributed by atoms with E-state index in [4.69, 9.17) is 23.2 Å². The second kappa shape index (κ2) is 7.49. The van der Waals surface area contributed by atoms with E-state index >= 15 is 0 Å². The van der Waals surface area contributed by atoms with Gasteiger partial charge < -0.3 is 14.4 Å². The summed E-state index contributed by atoms with van der Waals surface area (Å²) in [6.07, 6.45) is 1.87. The van der Waals surface area contributed by atoms with Gasteiger partial charge in [0.1, 0.15) is 0 Å². The number of carbonyl (C=O) groups excluding carboxylic acids is 2. The van der Waals surface area contributed by atoms with Crippen molar-refractivity contribution in [3.05, 3.63) is 69.8 Å². The third kappa shape index (κ3) is 3.36. The van der Waals surface area contributed by atoms with Crippen LogP contribution in [0.2, 0.25) is 10.0 Å². The first-order valence-corrected chi connectivity index (χ1v) is 9.79. The molecule has 0 radical (unpaired) electrons. The van der Waals surface area contributed by atoms with Crippen LogP contribution in [0.25, 0.3) is 10.9 Å². The molecule has 1 aliphatic rings. The lowest BCUT2D eigenvalue weighted by Gasteiger charge is -2.35. The van der Waals surface area contributed by atoms with Gasteiger partial charge in [-0.25, -0.2) is 0 Å². The molecular weight excluding hydrogens is 397 g/mol. The van der Waals surface area contributed by atoms with Crippen molar-refractivity contribution < 1.29 is 9.59 Å². The van der Waals surface area contributed by atoms with Gasteiger partial charge in [-0.2, -0.15) is 0 Å². The highest BCUT2D eigenvalue weighted by Gasteiger charge is 2.27. The lowest BCUT2D eigenvalue weighted by atomic mass is 10.1. The SMILES string of the molecule is Cn1cc(C(=O)N2CCN(C(=O)c3ccc(Cl)cc3Cl)CC2)c2ccccc21. The Kier molecular flexibility index (Phi) is 5.04. The highest BCUT2D eigenvalue weighted by molar-refractivity contribution is 6.36. The maximum absolute atomic E-state index is 13.0. The van der Waals surface area contributed by atoms with Crippen LogP contribution >= 0.6 is 23.2 Å². The lowest BCUT2D eigenvalue weighted by Crippen LogP contribution is -2.50. The minimum absolute atomic E-state index is 0.00609. The fraction of sp³-hybridized carbons (Fsp3) is 0.238. The summed E-state index contributed by atoms with van der Waals surface area (Å²) in [5.74, 6) is -0.146. The molecule has 5 nitrogen and oxygen atoms in total. The molecule has 0 N–H and O–H groups in total. The molecule has 0 bridgehead atoms. The summed E-state index contributed by atoms with van der Waals surface area (Å²) < 4.78 is 1.96. The van der Waals surface area contributed by atoms with E-state index in [0.717, 1.165) is 10.9 Å². The molecule has 1 aliphatic heterocycles. The van der Waals surface area contributed by atoms with E-state index in [1.807, 2.05) is 42.1 Å². The predicted octanol–water partition coefficient (Wildman–Crippen LogP) is 4.08. The van der Waals surface area contributed by atoms with E-state index in [0.29, 0.717) is 47.4 Å². The van der Waals surface area contributed by atoms with Crippen molar-refractivity contribution in [3.8, 4) is 0 Å². The van der Waals surface area contributed by atoms with Crippen molar-refractivity contribution >= 4 is 45.9 Å². The molecule has 0 atom stereocenters. The van der Waals surface area contributed by atoms with Crippen LogP contribution in [0.15, 0.2) is 48.7 Å². The number of aryl methyl sites for hydroxylation is 1. The summed E-state index contributed by atoms with van der Waals surface area (Å²) in [6.45, 7) is 1.90. The molecule has 2 aromatic carbocycles. The van der Waals surface area contributed by atoms with Crippen LogP contribution in [0.4, 0.5) is 0 Å². The molecule has 7 heteroatoms. The number of amides is 2. The average Bonchev–Trinajstić information content (AvgIpc) is 3.04. The standard InChI is InChI=1S/C21H19Cl2N3O2/c1-24-13-17(15-4-2-3-5-19(15)24)21(28)26-10-8-25(9-11-26)20(27)16-7-6-14(22)12-18(16)23/h2-7,12-13H,8-11H2,1H3. The number of aromatic nitrogens is 1. The first-order valence-electron chi connectivity index (χ1n) is 9.03. The zero-order chi connectivity index (χ0) is 19.8. The molecule has 3 aromatic rings. The molecule has 1 saturated heterocycles. The normalized spacial score (nSPS) is 14.5. The molecule has 2 amide bonds. The molecule has 28 heavy (non-hydrogen) atoms. The van der Waals surface area contributed by atoms with Crippen LogP contribution < -0.4 is 0 Å². The summed E-state index contributed by atoms with van der Waals surface area (Å²) in [6, 6.07) is 12.7. The summed E-state index contributed by atoms with van der Waals surface area (Å²) >= 11 is 12.1. The number of para-hydroxylation sites is 1. The van der Waals surface area contributed by atoms with Crippen molar-refractivity contribution in [2.45, 2.75) is 0 Å². The lowest BCUT2D eigenvalue weighted by molar-refractivity contribution is 0.0536. The smallest absolute Gasteiger partial charge is 0.256 e. The van der Waals surface area contributed by atoms with Crippen LogP contribution in [-0.2, 0) is 7.05 Å². The Morgan fingerprint density at radius 2 is 1.46 bits per heavy atom. The van der Waals surface area contributed by atoms with E-state index in [-0.39, 0.29) is 11.8 Å². The van der Waals surface area contributed by atoms with Crippen LogP contribution in [-0.4, -0.2) is 52.4 Å². The monoisotopic (exact) mass is 415 g/mol. The van der Waals surface area contributed by atoms with E-state index in [2.05, 4.69) is 0 Å². The van der Waals surface area contributed by atoms with Crippen LogP contribution in [0.5, 0.6) is 0 Å². The van der Waals surface area contributed by atoms with Gasteiger partial charge in [-0.1, -0.05) is 41.4 Å². The summed E-state index contributed by atoms with van der Waals surface area (Å²) in [5.41, 5.74) is 2.15. The number of hydrogen-bond donors (Lipinski definition) is 0. The van der Waals surface area contributed by atoms with Crippen molar-refractivity contribution in [3.63, 3.8) is 0 Å². The molecule has 1 fully saturated rings. The number of benzene rings is 2. The average molecular weight is 416 g/mol. The van der Waals surface area contributed by atoms with E-state index < -0.39 is 0 Å². The highest BCUT2D eigenvalue weighted by Crippen LogP contribution is 2.24. The van der Waals surface area contributed by atoms with Crippen molar-refractivity contribution in [2.24, 2.45) is 7.05 Å². The summed E-state index contributed by atoms with van der Waals surface area (Å²) in [4.78, 5) is 29.3. The zero-order valence-electron chi connectivity index (χ0n) is 15.4. The van der Waals surface area contributed by atoms with Crippen molar-refractivity contribution in [1.29, 1.82) is 0 Å². The fourth-order valence-corrected chi connectivity index (χ4v) is 4.12. The number of nitrogens with zero attached hydrogens (tertiary/aromatic N) is 3. The van der Waals surface area contributed by atoms with Gasteiger partial charge >= 0.3 is 0 Å². The maximum Gasteiger partial charge on any atom is 0.256 e. The highest BCUT2D eigenvalue weighted by atomic mass is 35.5. The van der Waals surface area contributed by atoms with Gasteiger partial charge in [0.25, 0.3) is 11.8 Å². The Hall–Kier alpha value is -2.50. The Bertz CT molecular complexity index is 1070. The largest absolute Gasteiger partial charge is 0.350 e. The maximum atomic E-state index is 13.0. The fourth-order valence-electron chi connectivity index (χ4n) is 3.63. The number of halogens is 2. The molecular formula is C21H19Cl2N3O2. The molecule has 0 spiro atoms. The van der Waals surface area contributed by atoms with Gasteiger partial charge in [-0.15, -0.1) is 0 Å². The van der Waals surface area contributed by atoms with Gasteiger partial charge in [0.2, 0.25) is 0 Å². The second-order valence-electron chi connectivity index (χ2n) is 6.88. The van der Waals surface area contributed by atoms with Gasteiger partial charge in [0, 0.05) is 55.3 Å². The number of carbonyl (C=O) groups is 2. The van der Waals surface area contributed by atoms with E-state index in [9.17, 15) is 9.59 Å². The Morgan fingerprint density at radius 3 is 2.11 bits per heavy atom. The van der Waals surface area contributed by atoms with Crippen LogP contribution in [0, 0.1) is 0 Å².